The maximum Gasteiger partial charge on any atom is 0.147 e. The number of furan rings is 1. The Labute approximate surface area is 330 Å². The van der Waals surface area contributed by atoms with Crippen molar-refractivity contribution < 1.29 is 4.42 Å². The van der Waals surface area contributed by atoms with Gasteiger partial charge in [0.05, 0.1) is 33.5 Å². The Kier molecular flexibility index (Phi) is 8.15. The summed E-state index contributed by atoms with van der Waals surface area (Å²) in [5.74, 6) is 0.819. The first kappa shape index (κ1) is 34.0. The standard InChI is InChI=1S/C52H38N4O/c1-5-17-34(18-6-2)56-46(19-7-3)43(8-4)54-52(56)33-27-29-35(30-28-33)55-45-26-14-13-22-38(45)41-32-42(44-25-15-16-31-53-44)51-48(49(41)55)47-39-23-11-9-20-36(39)37-21-10-12-24-40(37)50(47)57-51/h5-32H,1,4H2,2-3H3/b18-6-,19-7-,34-17+. The van der Waals surface area contributed by atoms with Gasteiger partial charge in [-0.2, -0.15) is 0 Å². The largest absolute Gasteiger partial charge is 0.455 e. The molecule has 4 aromatic heterocycles. The number of hydrogen-bond acceptors (Lipinski definition) is 3. The van der Waals surface area contributed by atoms with Crippen molar-refractivity contribution in [2.45, 2.75) is 13.8 Å². The van der Waals surface area contributed by atoms with Crippen molar-refractivity contribution >= 4 is 83.1 Å². The molecule has 0 radical (unpaired) electrons. The quantitative estimate of drug-likeness (QED) is 0.115. The second-order valence-electron chi connectivity index (χ2n) is 14.1. The van der Waals surface area contributed by atoms with E-state index in [1.54, 1.807) is 0 Å². The molecule has 0 N–H and O–H groups in total. The van der Waals surface area contributed by atoms with E-state index in [1.165, 1.54) is 10.8 Å². The molecule has 0 atom stereocenters. The molecule has 0 aliphatic rings. The van der Waals surface area contributed by atoms with Crippen LogP contribution in [0.3, 0.4) is 0 Å². The second kappa shape index (κ2) is 13.7. The molecule has 0 aliphatic heterocycles. The van der Waals surface area contributed by atoms with Crippen LogP contribution in [-0.2, 0) is 0 Å². The fourth-order valence-corrected chi connectivity index (χ4v) is 8.62. The molecule has 4 heterocycles. The average molecular weight is 735 g/mol. The minimum Gasteiger partial charge on any atom is -0.455 e. The van der Waals surface area contributed by atoms with E-state index in [1.807, 2.05) is 62.6 Å². The summed E-state index contributed by atoms with van der Waals surface area (Å²) in [7, 11) is 0. The molecule has 0 saturated heterocycles. The van der Waals surface area contributed by atoms with Crippen LogP contribution in [0.15, 0.2) is 175 Å². The molecule has 0 aliphatic carbocycles. The second-order valence-corrected chi connectivity index (χ2v) is 14.1. The first-order valence-electron chi connectivity index (χ1n) is 19.2. The van der Waals surface area contributed by atoms with E-state index in [0.29, 0.717) is 0 Å². The van der Waals surface area contributed by atoms with Crippen LogP contribution in [0.1, 0.15) is 25.2 Å². The van der Waals surface area contributed by atoms with Crippen LogP contribution < -0.4 is 0 Å². The van der Waals surface area contributed by atoms with Crippen molar-refractivity contribution in [2.75, 3.05) is 0 Å². The molecule has 6 aromatic carbocycles. The van der Waals surface area contributed by atoms with Crippen LogP contribution >= 0.6 is 0 Å². The fraction of sp³-hybridized carbons (Fsp3) is 0.0385. The molecule has 5 heteroatoms. The minimum atomic E-state index is 0.812. The number of imidazole rings is 1. The van der Waals surface area contributed by atoms with Gasteiger partial charge in [-0.05, 0) is 103 Å². The Morgan fingerprint density at radius 1 is 0.684 bits per heavy atom. The number of allylic oxidation sites excluding steroid dienone is 6. The van der Waals surface area contributed by atoms with Crippen LogP contribution in [-0.4, -0.2) is 19.1 Å². The highest BCUT2D eigenvalue weighted by Crippen LogP contribution is 2.48. The van der Waals surface area contributed by atoms with Gasteiger partial charge in [-0.15, -0.1) is 0 Å². The highest BCUT2D eigenvalue weighted by molar-refractivity contribution is 6.36. The zero-order chi connectivity index (χ0) is 38.6. The van der Waals surface area contributed by atoms with E-state index in [0.717, 1.165) is 99.9 Å². The zero-order valence-corrected chi connectivity index (χ0v) is 31.8. The Hall–Kier alpha value is -7.50. The molecular weight excluding hydrogens is 697 g/mol. The monoisotopic (exact) mass is 734 g/mol. The number of fused-ring (bicyclic) bond motifs is 12. The van der Waals surface area contributed by atoms with Crippen LogP contribution in [0.25, 0.3) is 111 Å². The van der Waals surface area contributed by atoms with Gasteiger partial charge in [0, 0.05) is 50.3 Å². The molecule has 0 amide bonds. The molecule has 0 unspecified atom stereocenters. The van der Waals surface area contributed by atoms with Crippen molar-refractivity contribution in [2.24, 2.45) is 0 Å². The third kappa shape index (κ3) is 5.16. The Balaban J connectivity index is 1.32. The molecule has 0 bridgehead atoms. The minimum absolute atomic E-state index is 0.812. The lowest BCUT2D eigenvalue weighted by Gasteiger charge is -2.14. The van der Waals surface area contributed by atoms with E-state index in [2.05, 4.69) is 144 Å². The lowest BCUT2D eigenvalue weighted by Crippen LogP contribution is -2.01. The summed E-state index contributed by atoms with van der Waals surface area (Å²) >= 11 is 0. The van der Waals surface area contributed by atoms with Gasteiger partial charge in [0.2, 0.25) is 0 Å². The van der Waals surface area contributed by atoms with Crippen molar-refractivity contribution in [1.29, 1.82) is 0 Å². The highest BCUT2D eigenvalue weighted by atomic mass is 16.3. The molecule has 10 aromatic rings. The number of pyridine rings is 1. The van der Waals surface area contributed by atoms with Gasteiger partial charge in [0.25, 0.3) is 0 Å². The van der Waals surface area contributed by atoms with Crippen LogP contribution in [0, 0.1) is 0 Å². The summed E-state index contributed by atoms with van der Waals surface area (Å²) in [4.78, 5) is 9.97. The highest BCUT2D eigenvalue weighted by Gasteiger charge is 2.26. The first-order valence-corrected chi connectivity index (χ1v) is 19.2. The maximum atomic E-state index is 7.15. The topological polar surface area (TPSA) is 48.8 Å². The average Bonchev–Trinajstić information content (AvgIpc) is 3.94. The molecule has 10 rings (SSSR count). The predicted molar refractivity (Wildman–Crippen MR) is 242 cm³/mol. The van der Waals surface area contributed by atoms with Crippen molar-refractivity contribution in [3.63, 3.8) is 0 Å². The molecule has 272 valence electrons. The van der Waals surface area contributed by atoms with Crippen LogP contribution in [0.5, 0.6) is 0 Å². The summed E-state index contributed by atoms with van der Waals surface area (Å²) in [6, 6.07) is 43.0. The molecule has 0 saturated carbocycles. The fourth-order valence-electron chi connectivity index (χ4n) is 8.62. The van der Waals surface area contributed by atoms with Gasteiger partial charge < -0.3 is 8.98 Å². The molecule has 0 fully saturated rings. The van der Waals surface area contributed by atoms with Crippen molar-refractivity contribution in [1.82, 2.24) is 19.1 Å². The smallest absolute Gasteiger partial charge is 0.147 e. The number of rotatable bonds is 8. The normalized spacial score (nSPS) is 12.5. The van der Waals surface area contributed by atoms with Crippen LogP contribution in [0.2, 0.25) is 0 Å². The number of aromatic nitrogens is 4. The molecular formula is C52H38N4O. The number of para-hydroxylation sites is 1. The summed E-state index contributed by atoms with van der Waals surface area (Å²) in [6.07, 6.45) is 15.7. The Morgan fingerprint density at radius 2 is 1.39 bits per heavy atom. The first-order chi connectivity index (χ1) is 28.1. The van der Waals surface area contributed by atoms with Gasteiger partial charge in [0.1, 0.15) is 17.0 Å². The maximum absolute atomic E-state index is 7.15. The summed E-state index contributed by atoms with van der Waals surface area (Å²) in [5, 5.41) is 9.07. The van der Waals surface area contributed by atoms with E-state index in [4.69, 9.17) is 14.4 Å². The third-order valence-electron chi connectivity index (χ3n) is 10.9. The van der Waals surface area contributed by atoms with E-state index in [9.17, 15) is 0 Å². The Bertz CT molecular complexity index is 3330. The number of hydrogen-bond donors (Lipinski definition) is 0. The van der Waals surface area contributed by atoms with E-state index < -0.39 is 0 Å². The lowest BCUT2D eigenvalue weighted by molar-refractivity contribution is 0.674. The van der Waals surface area contributed by atoms with Gasteiger partial charge in [-0.1, -0.05) is 104 Å². The zero-order valence-electron chi connectivity index (χ0n) is 31.8. The number of benzene rings is 6. The van der Waals surface area contributed by atoms with E-state index in [-0.39, 0.29) is 0 Å². The van der Waals surface area contributed by atoms with Gasteiger partial charge in [-0.25, -0.2) is 4.98 Å². The summed E-state index contributed by atoms with van der Waals surface area (Å²) in [6.45, 7) is 12.1. The SMILES string of the molecule is C=C/C=C(\C=C/C)n1c(-c2ccc(-n3c4ccccc4c4cc(-c5ccccn5)c5oc6c7ccccc7c7ccccc7c6c5c43)cc2)nc(C=C)c1/C=C\C. The summed E-state index contributed by atoms with van der Waals surface area (Å²) in [5.41, 5.74) is 10.5. The molecule has 0 spiro atoms. The van der Waals surface area contributed by atoms with Crippen molar-refractivity contribution in [3.8, 4) is 28.3 Å². The van der Waals surface area contributed by atoms with Gasteiger partial charge in [-0.3, -0.25) is 9.55 Å². The summed E-state index contributed by atoms with van der Waals surface area (Å²) < 4.78 is 11.7. The van der Waals surface area contributed by atoms with Gasteiger partial charge in [0.15, 0.2) is 0 Å². The third-order valence-corrected chi connectivity index (χ3v) is 10.9. The van der Waals surface area contributed by atoms with Crippen molar-refractivity contribution in [3.05, 3.63) is 182 Å². The van der Waals surface area contributed by atoms with Crippen LogP contribution in [0.4, 0.5) is 0 Å². The van der Waals surface area contributed by atoms with E-state index >= 15 is 0 Å². The molecule has 57 heavy (non-hydrogen) atoms. The lowest BCUT2D eigenvalue weighted by atomic mass is 9.95. The number of nitrogens with zero attached hydrogens (tertiary/aromatic N) is 4. The predicted octanol–water partition coefficient (Wildman–Crippen LogP) is 14.2. The van der Waals surface area contributed by atoms with Gasteiger partial charge >= 0.3 is 0 Å². The molecule has 5 nitrogen and oxygen atoms in total. The Morgan fingerprint density at radius 3 is 2.09 bits per heavy atom.